The van der Waals surface area contributed by atoms with Gasteiger partial charge in [0.2, 0.25) is 5.91 Å². The highest BCUT2D eigenvalue weighted by Gasteiger charge is 2.44. The Morgan fingerprint density at radius 3 is 1.63 bits per heavy atom. The highest BCUT2D eigenvalue weighted by molar-refractivity contribution is 6.21. The van der Waals surface area contributed by atoms with E-state index in [9.17, 15) is 43.2 Å². The number of fused-ring (bicyclic) bond motifs is 1. The molecule has 5 amide bonds. The number of benzene rings is 1. The monoisotopic (exact) mass is 984 g/mol. The van der Waals surface area contributed by atoms with Gasteiger partial charge in [0.1, 0.15) is 31.0 Å². The van der Waals surface area contributed by atoms with Crippen molar-refractivity contribution in [1.82, 2.24) is 15.1 Å². The van der Waals surface area contributed by atoms with Crippen LogP contribution in [-0.4, -0.2) is 116 Å². The van der Waals surface area contributed by atoms with Gasteiger partial charge >= 0.3 is 24.0 Å². The molecule has 2 aliphatic rings. The number of carbonyl (C=O) groups excluding carboxylic acids is 6. The van der Waals surface area contributed by atoms with E-state index in [2.05, 4.69) is 5.32 Å². The van der Waals surface area contributed by atoms with Crippen molar-refractivity contribution in [3.05, 3.63) is 47.1 Å². The van der Waals surface area contributed by atoms with Gasteiger partial charge in [-0.25, -0.2) is 9.69 Å². The lowest BCUT2D eigenvalue weighted by atomic mass is 9.98. The molecule has 2 aliphatic heterocycles. The Hall–Kier alpha value is -5.53. The van der Waals surface area contributed by atoms with Gasteiger partial charge in [0, 0.05) is 52.8 Å². The number of ether oxygens (including phenoxy) is 1. The second-order valence-electron chi connectivity index (χ2n) is 14.3. The first kappa shape index (κ1) is 41.4. The maximum atomic E-state index is 12.9. The number of aliphatic carboxylic acids is 3. The summed E-state index contributed by atoms with van der Waals surface area (Å²) in [5.74, 6) is -6.46. The Kier molecular flexibility index (Phi) is 24.7. The molecule has 0 radical (unpaired) electrons. The van der Waals surface area contributed by atoms with E-state index in [1.54, 1.807) is 58.9 Å². The highest BCUT2D eigenvalue weighted by atomic mass is 16.6. The average Bonchev–Trinajstić information content (AvgIpc) is 3.94. The number of piperazine rings is 1. The van der Waals surface area contributed by atoms with E-state index in [0.717, 1.165) is 4.90 Å². The van der Waals surface area contributed by atoms with Crippen molar-refractivity contribution in [1.29, 1.82) is 0 Å². The molecule has 0 saturated carbocycles. The molecule has 1 fully saturated rings. The lowest BCUT2D eigenvalue weighted by Gasteiger charge is -2.37. The fourth-order valence-electron chi connectivity index (χ4n) is 4.24. The molecule has 0 unspecified atom stereocenters. The Balaban J connectivity index is -0.000000485. The molecule has 1 saturated heterocycles. The average molecular weight is 984 g/mol. The summed E-state index contributed by atoms with van der Waals surface area (Å²) in [5.41, 5.74) is 14.9. The SMILES string of the molecule is CC.CN1C(=O)c2ccccc2C1=O.[2H]/C(=C1/NC(=O)[C@H](C(C)C)N(C(=O)OC(C)(C)C)C1=O)[C@@H]([2H])[C@@H]([2H])[C@H]([2H])C.[2H]C(=O)[C@@H]([2H])[C@@H]([2H])[C@H]([2H])C.[2H][C@@H]([C@@H]([2H])[C@H]([2H])N)[C@H]([2H])[C@H](N)C(=O)O.[2H][C@@H]([C@H]([2H])C)[C@H]([2H])C(=O)O.[2H][C@H]([C@H]([2H])C(=O)O)[C@@H](C)N. The summed E-state index contributed by atoms with van der Waals surface area (Å²) in [7, 11) is 1.49. The van der Waals surface area contributed by atoms with Gasteiger partial charge in [-0.05, 0) is 97.0 Å². The minimum Gasteiger partial charge on any atom is -0.481 e. The molecule has 1 aromatic rings. The number of carboxylic acids is 3. The van der Waals surface area contributed by atoms with E-state index < -0.39 is 180 Å². The minimum absolute atomic E-state index is 0.212. The second kappa shape index (κ2) is 40.5. The standard InChI is InChI=1S/C17H28N2O4.C9H7NO2.C6H14N2O2.C5H11NO2.C5H10O2.C5H10O.C2H6/c1-7-8-9-10-12-15(21)19(16(22)23-17(4,5)6)13(11(2)3)14(20)18-12;1-10-8(11)6-4-2-3-5-7(6)9(10)12;7-4-2-1-3-5(8)6(9)10;1-4(6)2-3-5(7)8;1-2-3-4-5(6)7;1-2-3-4-5-6;1-2/h10-11,13H,7-9H2,1-6H3,(H,18,20);2-5H,1H3;5H,1-4,7-8H2,(H,9,10);4H,2-3,6H2,1H3,(H,7,8);2-4H2,1H3,(H,6,7);5H,2-4H2,1H3;1-2H3/b12-10-;;;;;;/t13-;;5-;4-;;;/m0.01.../s1/i7D,8D,9D,10D;;1D,2D,3D,4D;2D,3D;2D,3D,4D;2D,3D,4D,5D;/t7-,8+,9+,13+;;1-,2+,3-,4-,5-;2-,3+,4-;2*2-,3+,4+;/m1.0111./s1. The lowest BCUT2D eigenvalue weighted by molar-refractivity contribution is -0.143. The number of nitrogens with two attached hydrogens (primary N) is 3. The smallest absolute Gasteiger partial charge is 0.418 e. The normalized spacial score (nSPS) is 25.6. The molecule has 0 aliphatic carbocycles. The molecule has 0 aromatic heterocycles. The van der Waals surface area contributed by atoms with Crippen molar-refractivity contribution in [3.8, 4) is 0 Å². The summed E-state index contributed by atoms with van der Waals surface area (Å²) in [5, 5.41) is 27.2. The number of carbonyl (C=O) groups is 9. The number of hydrogen-bond donors (Lipinski definition) is 7. The Labute approximate surface area is 428 Å². The van der Waals surface area contributed by atoms with Crippen molar-refractivity contribution in [2.75, 3.05) is 13.6 Å². The van der Waals surface area contributed by atoms with Gasteiger partial charge < -0.3 is 47.4 Å². The Bertz CT molecular complexity index is 2250. The minimum atomic E-state index is -1.52. The summed E-state index contributed by atoms with van der Waals surface area (Å²) >= 11 is 0. The predicted molar refractivity (Wildman–Crippen MR) is 263 cm³/mol. The van der Waals surface area contributed by atoms with Crippen molar-refractivity contribution in [3.63, 3.8) is 0 Å². The van der Waals surface area contributed by atoms with Crippen LogP contribution in [0, 0.1) is 5.92 Å². The molecule has 390 valence electrons. The number of nitrogens with zero attached hydrogens (tertiary/aromatic N) is 2. The van der Waals surface area contributed by atoms with Crippen LogP contribution in [0.1, 0.15) is 210 Å². The zero-order valence-corrected chi connectivity index (χ0v) is 40.8. The van der Waals surface area contributed by atoms with Gasteiger partial charge in [-0.15, -0.1) is 0 Å². The zero-order valence-electron chi connectivity index (χ0n) is 57.8. The number of carboxylic acid groups (broad SMARTS) is 3. The zero-order chi connectivity index (χ0) is 68.4. The fourth-order valence-corrected chi connectivity index (χ4v) is 4.24. The third kappa shape index (κ3) is 33.0. The first-order valence-corrected chi connectivity index (χ1v) is 20.9. The first-order valence-electron chi connectivity index (χ1n) is 30.5. The van der Waals surface area contributed by atoms with Crippen molar-refractivity contribution in [2.45, 2.75) is 189 Å². The molecule has 0 bridgehead atoms. The van der Waals surface area contributed by atoms with Gasteiger partial charge in [-0.1, -0.05) is 92.2 Å². The third-order valence-electron chi connectivity index (χ3n) is 7.12. The van der Waals surface area contributed by atoms with E-state index in [0.29, 0.717) is 16.0 Å². The maximum Gasteiger partial charge on any atom is 0.418 e. The molecule has 10 N–H and O–H groups in total. The molecule has 19 heteroatoms. The van der Waals surface area contributed by atoms with Crippen LogP contribution in [0.2, 0.25) is 0 Å². The summed E-state index contributed by atoms with van der Waals surface area (Å²) in [4.78, 5) is 103. The van der Waals surface area contributed by atoms with Gasteiger partial charge in [0.25, 0.3) is 17.7 Å². The van der Waals surface area contributed by atoms with Crippen LogP contribution in [0.5, 0.6) is 0 Å². The van der Waals surface area contributed by atoms with E-state index in [4.69, 9.17) is 60.6 Å². The Morgan fingerprint density at radius 2 is 1.29 bits per heavy atom. The van der Waals surface area contributed by atoms with Crippen molar-refractivity contribution in [2.24, 2.45) is 23.1 Å². The van der Waals surface area contributed by atoms with Crippen molar-refractivity contribution >= 4 is 53.9 Å². The molecule has 2 heterocycles. The number of allylic oxidation sites excluding steroid dienone is 1. The van der Waals surface area contributed by atoms with Gasteiger partial charge in [-0.3, -0.25) is 38.5 Å². The van der Waals surface area contributed by atoms with E-state index in [1.807, 2.05) is 13.8 Å². The first-order chi connectivity index (χ1) is 38.6. The molecule has 19 nitrogen and oxygen atoms in total. The highest BCUT2D eigenvalue weighted by Crippen LogP contribution is 2.23. The maximum absolute atomic E-state index is 12.9. The number of rotatable bonds is 18. The molecule has 18 atom stereocenters. The van der Waals surface area contributed by atoms with Crippen LogP contribution in [0.3, 0.4) is 0 Å². The quantitative estimate of drug-likeness (QED) is 0.0432. The summed E-state index contributed by atoms with van der Waals surface area (Å²) < 4.78 is 128. The number of imide groups is 2. The van der Waals surface area contributed by atoms with Crippen LogP contribution < -0.4 is 22.5 Å². The van der Waals surface area contributed by atoms with Gasteiger partial charge in [0.05, 0.1) is 12.5 Å². The molecule has 1 aromatic carbocycles. The van der Waals surface area contributed by atoms with E-state index in [1.165, 1.54) is 34.7 Å². The largest absolute Gasteiger partial charge is 0.481 e. The molecule has 3 rings (SSSR count). The van der Waals surface area contributed by atoms with Crippen molar-refractivity contribution < 1.29 is 86.5 Å². The van der Waals surface area contributed by atoms with Gasteiger partial charge in [0.15, 0.2) is 0 Å². The molecule has 68 heavy (non-hydrogen) atoms. The Morgan fingerprint density at radius 1 is 0.809 bits per heavy atom. The van der Waals surface area contributed by atoms with Gasteiger partial charge in [-0.2, -0.15) is 0 Å². The second-order valence-corrected chi connectivity index (χ2v) is 14.3. The number of hydrogen-bond acceptors (Lipinski definition) is 13. The van der Waals surface area contributed by atoms with Crippen LogP contribution >= 0.6 is 0 Å². The van der Waals surface area contributed by atoms with Crippen LogP contribution in [0.15, 0.2) is 36.0 Å². The van der Waals surface area contributed by atoms with Crippen LogP contribution in [-0.2, 0) is 33.5 Å². The topological polar surface area (TPSA) is 320 Å². The summed E-state index contributed by atoms with van der Waals surface area (Å²) in [6, 6.07) is 3.02. The summed E-state index contributed by atoms with van der Waals surface area (Å²) in [6.07, 6.45) is -19.2. The fraction of sp³-hybridized carbons (Fsp3) is 0.653. The van der Waals surface area contributed by atoms with E-state index >= 15 is 0 Å². The van der Waals surface area contributed by atoms with Crippen LogP contribution in [0.4, 0.5) is 4.79 Å². The van der Waals surface area contributed by atoms with E-state index in [-0.39, 0.29) is 11.8 Å². The summed E-state index contributed by atoms with van der Waals surface area (Å²) in [6.45, 7) is 16.6. The molecule has 0 spiro atoms. The predicted octanol–water partition coefficient (Wildman–Crippen LogP) is 7.28. The number of amides is 5. The van der Waals surface area contributed by atoms with Crippen LogP contribution in [0.25, 0.3) is 0 Å². The molecular formula is C49H86N6O13. The third-order valence-corrected chi connectivity index (χ3v) is 7.12. The lowest BCUT2D eigenvalue weighted by Crippen LogP contribution is -2.61. The number of nitrogens with one attached hydrogen (secondary N) is 1. The molecular weight excluding hydrogens is 881 g/mol. The number of aldehydes is 1.